The minimum absolute atomic E-state index is 0.0992. The van der Waals surface area contributed by atoms with E-state index in [0.717, 1.165) is 0 Å². The SMILES string of the molecule is COc1ccc(NS(=O)(=O)c2c(C)oc(C)c2CN)cc1. The lowest BCUT2D eigenvalue weighted by molar-refractivity contribution is 0.415. The molecule has 0 fully saturated rings. The van der Waals surface area contributed by atoms with Crippen LogP contribution in [-0.4, -0.2) is 15.5 Å². The van der Waals surface area contributed by atoms with E-state index in [1.165, 1.54) is 0 Å². The van der Waals surface area contributed by atoms with E-state index in [1.807, 2.05) is 0 Å². The second-order valence-corrected chi connectivity index (χ2v) is 6.18. The van der Waals surface area contributed by atoms with Crippen LogP contribution in [0.5, 0.6) is 5.75 Å². The molecule has 0 spiro atoms. The second-order valence-electron chi connectivity index (χ2n) is 4.56. The summed E-state index contributed by atoms with van der Waals surface area (Å²) in [6, 6.07) is 6.60. The van der Waals surface area contributed by atoms with Crippen LogP contribution in [0, 0.1) is 13.8 Å². The highest BCUT2D eigenvalue weighted by Gasteiger charge is 2.26. The third-order valence-corrected chi connectivity index (χ3v) is 4.72. The molecule has 0 radical (unpaired) electrons. The van der Waals surface area contributed by atoms with Crippen molar-refractivity contribution in [1.29, 1.82) is 0 Å². The monoisotopic (exact) mass is 310 g/mol. The Morgan fingerprint density at radius 1 is 1.19 bits per heavy atom. The number of anilines is 1. The van der Waals surface area contributed by atoms with Gasteiger partial charge in [-0.2, -0.15) is 0 Å². The van der Waals surface area contributed by atoms with Crippen molar-refractivity contribution in [2.45, 2.75) is 25.3 Å². The van der Waals surface area contributed by atoms with Gasteiger partial charge in [0.1, 0.15) is 22.2 Å². The van der Waals surface area contributed by atoms with E-state index < -0.39 is 10.0 Å². The first-order valence-corrected chi connectivity index (χ1v) is 7.83. The molecule has 0 bridgehead atoms. The zero-order chi connectivity index (χ0) is 15.6. The van der Waals surface area contributed by atoms with Gasteiger partial charge in [0.2, 0.25) is 0 Å². The Morgan fingerprint density at radius 3 is 2.33 bits per heavy atom. The molecule has 3 N–H and O–H groups in total. The molecular weight excluding hydrogens is 292 g/mol. The normalized spacial score (nSPS) is 11.4. The number of aryl methyl sites for hydroxylation is 2. The van der Waals surface area contributed by atoms with Gasteiger partial charge in [-0.25, -0.2) is 8.42 Å². The molecule has 1 heterocycles. The number of ether oxygens (including phenoxy) is 1. The predicted molar refractivity (Wildman–Crippen MR) is 79.9 cm³/mol. The molecular formula is C14H18N2O4S. The van der Waals surface area contributed by atoms with Crippen LogP contribution in [0.25, 0.3) is 0 Å². The summed E-state index contributed by atoms with van der Waals surface area (Å²) in [7, 11) is -2.20. The van der Waals surface area contributed by atoms with E-state index in [-0.39, 0.29) is 11.4 Å². The highest BCUT2D eigenvalue weighted by Crippen LogP contribution is 2.28. The van der Waals surface area contributed by atoms with Gasteiger partial charge in [-0.1, -0.05) is 0 Å². The van der Waals surface area contributed by atoms with Crippen LogP contribution in [0.1, 0.15) is 17.1 Å². The third-order valence-electron chi connectivity index (χ3n) is 3.14. The van der Waals surface area contributed by atoms with Gasteiger partial charge in [-0.05, 0) is 38.1 Å². The largest absolute Gasteiger partial charge is 0.497 e. The van der Waals surface area contributed by atoms with E-state index in [4.69, 9.17) is 14.9 Å². The number of hydrogen-bond donors (Lipinski definition) is 2. The van der Waals surface area contributed by atoms with Crippen molar-refractivity contribution in [2.24, 2.45) is 5.73 Å². The average molecular weight is 310 g/mol. The first kappa shape index (κ1) is 15.4. The van der Waals surface area contributed by atoms with E-state index in [2.05, 4.69) is 4.72 Å². The number of rotatable bonds is 5. The third kappa shape index (κ3) is 3.03. The van der Waals surface area contributed by atoms with Crippen molar-refractivity contribution in [1.82, 2.24) is 0 Å². The summed E-state index contributed by atoms with van der Waals surface area (Å²) in [5.41, 5.74) is 6.56. The average Bonchev–Trinajstić information content (AvgIpc) is 2.73. The fourth-order valence-electron chi connectivity index (χ4n) is 2.16. The molecule has 0 aliphatic rings. The van der Waals surface area contributed by atoms with Crippen LogP contribution in [-0.2, 0) is 16.6 Å². The van der Waals surface area contributed by atoms with Crippen LogP contribution < -0.4 is 15.2 Å². The quantitative estimate of drug-likeness (QED) is 0.882. The van der Waals surface area contributed by atoms with Gasteiger partial charge in [0.05, 0.1) is 7.11 Å². The Balaban J connectivity index is 2.38. The summed E-state index contributed by atoms with van der Waals surface area (Å²) in [4.78, 5) is 0.110. The van der Waals surface area contributed by atoms with Crippen LogP contribution in [0.15, 0.2) is 33.6 Å². The summed E-state index contributed by atoms with van der Waals surface area (Å²) < 4.78 is 38.0. The number of sulfonamides is 1. The van der Waals surface area contributed by atoms with Crippen molar-refractivity contribution in [3.63, 3.8) is 0 Å². The lowest BCUT2D eigenvalue weighted by atomic mass is 10.2. The van der Waals surface area contributed by atoms with Gasteiger partial charge in [0.25, 0.3) is 10.0 Å². The van der Waals surface area contributed by atoms with E-state index in [1.54, 1.807) is 45.2 Å². The summed E-state index contributed by atoms with van der Waals surface area (Å²) in [6.45, 7) is 3.40. The standard InChI is InChI=1S/C14H18N2O4S/c1-9-13(8-15)14(10(2)20-9)21(17,18)16-11-4-6-12(19-3)7-5-11/h4-7,16H,8,15H2,1-3H3. The molecule has 0 atom stereocenters. The molecule has 1 aromatic heterocycles. The number of benzene rings is 1. The summed E-state index contributed by atoms with van der Waals surface area (Å²) in [5, 5.41) is 0. The van der Waals surface area contributed by atoms with Crippen molar-refractivity contribution < 1.29 is 17.6 Å². The Labute approximate surface area is 124 Å². The molecule has 0 aliphatic carbocycles. The van der Waals surface area contributed by atoms with Crippen LogP contribution >= 0.6 is 0 Å². The molecule has 1 aromatic carbocycles. The summed E-state index contributed by atoms with van der Waals surface area (Å²) in [5.74, 6) is 1.50. The zero-order valence-electron chi connectivity index (χ0n) is 12.1. The smallest absolute Gasteiger partial charge is 0.265 e. The first-order chi connectivity index (χ1) is 9.89. The van der Waals surface area contributed by atoms with Crippen molar-refractivity contribution in [3.05, 3.63) is 41.3 Å². The molecule has 114 valence electrons. The van der Waals surface area contributed by atoms with Gasteiger partial charge in [0.15, 0.2) is 0 Å². The van der Waals surface area contributed by atoms with Gasteiger partial charge in [0, 0.05) is 17.8 Å². The van der Waals surface area contributed by atoms with E-state index in [9.17, 15) is 8.42 Å². The molecule has 0 saturated carbocycles. The molecule has 0 unspecified atom stereocenters. The van der Waals surface area contributed by atoms with Crippen LogP contribution in [0.2, 0.25) is 0 Å². The number of furan rings is 1. The number of hydrogen-bond acceptors (Lipinski definition) is 5. The highest BCUT2D eigenvalue weighted by atomic mass is 32.2. The zero-order valence-corrected chi connectivity index (χ0v) is 13.0. The van der Waals surface area contributed by atoms with Crippen molar-refractivity contribution in [2.75, 3.05) is 11.8 Å². The molecule has 21 heavy (non-hydrogen) atoms. The summed E-state index contributed by atoms with van der Waals surface area (Å²) in [6.07, 6.45) is 0. The van der Waals surface area contributed by atoms with Gasteiger partial charge in [-0.3, -0.25) is 4.72 Å². The molecule has 0 aliphatic heterocycles. The highest BCUT2D eigenvalue weighted by molar-refractivity contribution is 7.92. The molecule has 2 aromatic rings. The lowest BCUT2D eigenvalue weighted by Gasteiger charge is -2.09. The minimum Gasteiger partial charge on any atom is -0.497 e. The van der Waals surface area contributed by atoms with Gasteiger partial charge < -0.3 is 14.9 Å². The van der Waals surface area contributed by atoms with Crippen LogP contribution in [0.3, 0.4) is 0 Å². The molecule has 7 heteroatoms. The number of nitrogens with two attached hydrogens (primary N) is 1. The Hall–Kier alpha value is -1.99. The summed E-state index contributed by atoms with van der Waals surface area (Å²) >= 11 is 0. The molecule has 6 nitrogen and oxygen atoms in total. The first-order valence-electron chi connectivity index (χ1n) is 6.35. The predicted octanol–water partition coefficient (Wildman–Crippen LogP) is 2.16. The number of nitrogens with one attached hydrogen (secondary N) is 1. The van der Waals surface area contributed by atoms with E-state index >= 15 is 0 Å². The topological polar surface area (TPSA) is 94.6 Å². The fourth-order valence-corrected chi connectivity index (χ4v) is 3.68. The maximum Gasteiger partial charge on any atom is 0.265 e. The Morgan fingerprint density at radius 2 is 1.81 bits per heavy atom. The number of methoxy groups -OCH3 is 1. The van der Waals surface area contributed by atoms with Crippen molar-refractivity contribution >= 4 is 15.7 Å². The maximum atomic E-state index is 12.5. The van der Waals surface area contributed by atoms with Crippen LogP contribution in [0.4, 0.5) is 5.69 Å². The van der Waals surface area contributed by atoms with Gasteiger partial charge >= 0.3 is 0 Å². The minimum atomic E-state index is -3.75. The maximum absolute atomic E-state index is 12.5. The van der Waals surface area contributed by atoms with Gasteiger partial charge in [-0.15, -0.1) is 0 Å². The Bertz CT molecular complexity index is 733. The van der Waals surface area contributed by atoms with E-state index in [0.29, 0.717) is 28.5 Å². The fraction of sp³-hybridized carbons (Fsp3) is 0.286. The lowest BCUT2D eigenvalue weighted by Crippen LogP contribution is -2.16. The molecule has 0 amide bonds. The Kier molecular flexibility index (Phi) is 4.24. The molecule has 2 rings (SSSR count). The molecule has 0 saturated heterocycles. The second kappa shape index (κ2) is 5.79. The van der Waals surface area contributed by atoms with Crippen molar-refractivity contribution in [3.8, 4) is 5.75 Å².